The summed E-state index contributed by atoms with van der Waals surface area (Å²) in [5.41, 5.74) is 4.20. The highest BCUT2D eigenvalue weighted by atomic mass is 32.2. The number of hydrogen-bond donors (Lipinski definition) is 5. The first-order chi connectivity index (χ1) is 29.4. The SMILES string of the molecule is C#C.C=C.CC1(S(=O)(=O)NC(=O)[C@H]2CC2C(F)F)CC1.C[C@@H]1CCN(C(=O)[C@@H](NC(=O)O)C(C)(C)C)[C@@H]1C(N)=O.O=c1[nH]c2ccccc2nc1C(F)(F)CCCCC1CCCC1. The predicted molar refractivity (Wildman–Crippen MR) is 233 cm³/mol. The molecule has 1 aliphatic heterocycles. The summed E-state index contributed by atoms with van der Waals surface area (Å²) in [5, 5.41) is 11.1. The number of fused-ring (bicyclic) bond motifs is 1. The molecule has 3 saturated carbocycles. The Morgan fingerprint density at radius 1 is 1.06 bits per heavy atom. The molecule has 6 rings (SSSR count). The van der Waals surface area contributed by atoms with Gasteiger partial charge in [0.1, 0.15) is 12.1 Å². The summed E-state index contributed by atoms with van der Waals surface area (Å²) in [7, 11) is -3.68. The first-order valence-corrected chi connectivity index (χ1v) is 22.5. The monoisotopic (exact) mass is 912 g/mol. The van der Waals surface area contributed by atoms with E-state index >= 15 is 0 Å². The topological polar surface area (TPSA) is 222 Å². The van der Waals surface area contributed by atoms with Gasteiger partial charge in [0.15, 0.2) is 5.69 Å². The fraction of sp³-hybridized carbons (Fsp3) is 0.636. The number of aromatic amines is 1. The number of aromatic nitrogens is 2. The number of alkyl halides is 4. The fourth-order valence-corrected chi connectivity index (χ4v) is 8.91. The Bertz CT molecular complexity index is 2070. The van der Waals surface area contributed by atoms with Gasteiger partial charge in [-0.1, -0.05) is 78.4 Å². The van der Waals surface area contributed by atoms with E-state index in [1.54, 1.807) is 52.0 Å². The van der Waals surface area contributed by atoms with Gasteiger partial charge >= 0.3 is 6.09 Å². The molecule has 2 aromatic rings. The number of nitrogens with one attached hydrogen (secondary N) is 3. The van der Waals surface area contributed by atoms with Crippen molar-refractivity contribution in [2.75, 3.05) is 6.54 Å². The molecule has 4 fully saturated rings. The van der Waals surface area contributed by atoms with E-state index in [9.17, 15) is 50.0 Å². The average Bonchev–Trinajstić information content (AvgIpc) is 4.09. The van der Waals surface area contributed by atoms with Gasteiger partial charge in [-0.3, -0.25) is 23.9 Å². The largest absolute Gasteiger partial charge is 0.465 e. The van der Waals surface area contributed by atoms with Crippen LogP contribution in [-0.2, 0) is 30.3 Å². The molecule has 1 saturated heterocycles. The maximum Gasteiger partial charge on any atom is 0.405 e. The number of carbonyl (C=O) groups excluding carboxylic acids is 3. The van der Waals surface area contributed by atoms with E-state index in [1.807, 2.05) is 11.6 Å². The van der Waals surface area contributed by atoms with Crippen molar-refractivity contribution in [3.63, 3.8) is 0 Å². The molecule has 352 valence electrons. The van der Waals surface area contributed by atoms with Gasteiger partial charge in [0, 0.05) is 24.8 Å². The number of carbonyl (C=O) groups is 4. The first-order valence-electron chi connectivity index (χ1n) is 21.0. The van der Waals surface area contributed by atoms with Crippen molar-refractivity contribution in [3.8, 4) is 12.8 Å². The molecule has 0 radical (unpaired) electrons. The fourth-order valence-electron chi connectivity index (χ4n) is 7.61. The summed E-state index contributed by atoms with van der Waals surface area (Å²) in [6, 6.07) is 5.17. The van der Waals surface area contributed by atoms with Gasteiger partial charge in [0.2, 0.25) is 34.2 Å². The molecule has 0 bridgehead atoms. The number of H-pyrrole nitrogens is 1. The van der Waals surface area contributed by atoms with Gasteiger partial charge in [-0.25, -0.2) is 27.0 Å². The van der Waals surface area contributed by atoms with Crippen LogP contribution in [0.25, 0.3) is 11.0 Å². The number of sulfonamides is 1. The van der Waals surface area contributed by atoms with Crippen LogP contribution < -0.4 is 21.3 Å². The van der Waals surface area contributed by atoms with Crippen LogP contribution in [0, 0.1) is 41.9 Å². The molecule has 3 aliphatic carbocycles. The lowest BCUT2D eigenvalue weighted by molar-refractivity contribution is -0.141. The number of primary amides is 1. The van der Waals surface area contributed by atoms with Gasteiger partial charge in [-0.2, -0.15) is 8.78 Å². The maximum atomic E-state index is 14.4. The molecule has 63 heavy (non-hydrogen) atoms. The van der Waals surface area contributed by atoms with Crippen LogP contribution in [0.1, 0.15) is 117 Å². The highest BCUT2D eigenvalue weighted by Crippen LogP contribution is 2.45. The summed E-state index contributed by atoms with van der Waals surface area (Å²) >= 11 is 0. The van der Waals surface area contributed by atoms with Gasteiger partial charge in [0.05, 0.1) is 15.8 Å². The lowest BCUT2D eigenvalue weighted by Gasteiger charge is -2.34. The quantitative estimate of drug-likeness (QED) is 0.0598. The van der Waals surface area contributed by atoms with E-state index in [-0.39, 0.29) is 18.8 Å². The molecule has 5 atom stereocenters. The van der Waals surface area contributed by atoms with Crippen molar-refractivity contribution in [2.45, 2.75) is 141 Å². The molecule has 1 aromatic heterocycles. The number of halogens is 4. The van der Waals surface area contributed by atoms with Crippen LogP contribution in [0.2, 0.25) is 0 Å². The minimum atomic E-state index is -3.68. The second kappa shape index (κ2) is 23.1. The van der Waals surface area contributed by atoms with E-state index in [4.69, 9.17) is 10.8 Å². The van der Waals surface area contributed by atoms with E-state index in [0.29, 0.717) is 49.2 Å². The Morgan fingerprint density at radius 3 is 2.16 bits per heavy atom. The predicted octanol–water partition coefficient (Wildman–Crippen LogP) is 7.09. The maximum absolute atomic E-state index is 14.4. The van der Waals surface area contributed by atoms with Crippen molar-refractivity contribution in [2.24, 2.45) is 34.8 Å². The van der Waals surface area contributed by atoms with Gasteiger partial charge in [-0.05, 0) is 68.4 Å². The molecule has 4 aliphatic rings. The van der Waals surface area contributed by atoms with Gasteiger partial charge in [-0.15, -0.1) is 26.0 Å². The number of unbranched alkanes of at least 4 members (excludes halogenated alkanes) is 1. The number of terminal acetylenes is 1. The van der Waals surface area contributed by atoms with Crippen molar-refractivity contribution < 1.29 is 50.3 Å². The summed E-state index contributed by atoms with van der Waals surface area (Å²) in [5.74, 6) is -6.00. The zero-order valence-electron chi connectivity index (χ0n) is 36.8. The van der Waals surface area contributed by atoms with Gasteiger partial charge in [0.25, 0.3) is 11.5 Å². The Hall–Kier alpha value is -4.99. The standard InChI is InChI=1S/C18H22F2N2O.C13H23N3O4.C9H13F2NO3S.C2H4.C2H2/c19-18(20,12-6-5-9-13-7-1-2-8-13)16-17(23)22-15-11-4-3-10-14(15)21-16;1-7-5-6-16(8(7)10(14)17)11(18)9(13(2,3)4)15-12(19)20;1-9(2-3-9)16(14,15)12-8(13)6-4-5(6)7(10)11;2*1-2/h3-4,10-11,13H,1-2,5-9,12H2,(H,22,23);7-9,15H,5-6H2,1-4H3,(H2,14,17)(H,19,20);5-7H,2-4H2,1H3,(H,12,13);1-2H2;1-2H/t;7-,8+,9-;5?,6-;;/m.10../s1. The second-order valence-electron chi connectivity index (χ2n) is 17.7. The van der Waals surface area contributed by atoms with Crippen LogP contribution in [0.5, 0.6) is 0 Å². The molecule has 19 heteroatoms. The summed E-state index contributed by atoms with van der Waals surface area (Å²) < 4.78 is 77.3. The normalized spacial score (nSPS) is 21.7. The molecule has 1 aromatic carbocycles. The lowest BCUT2D eigenvalue weighted by Crippen LogP contribution is -2.57. The number of rotatable bonds is 13. The summed E-state index contributed by atoms with van der Waals surface area (Å²) in [6.45, 7) is 15.1. The molecular formula is C44H64F4N6O8S. The number of benzene rings is 1. The highest BCUT2D eigenvalue weighted by Gasteiger charge is 2.54. The number of nitrogens with two attached hydrogens (primary N) is 1. The Morgan fingerprint density at radius 2 is 1.65 bits per heavy atom. The minimum Gasteiger partial charge on any atom is -0.465 e. The molecule has 6 N–H and O–H groups in total. The van der Waals surface area contributed by atoms with Crippen LogP contribution in [0.3, 0.4) is 0 Å². The number of amides is 4. The zero-order valence-corrected chi connectivity index (χ0v) is 37.6. The Kier molecular flexibility index (Phi) is 19.8. The van der Waals surface area contributed by atoms with Crippen molar-refractivity contribution in [1.82, 2.24) is 24.9 Å². The first kappa shape index (κ1) is 54.1. The Labute approximate surface area is 367 Å². The number of likely N-dealkylation sites (tertiary alicyclic amines) is 1. The van der Waals surface area contributed by atoms with Crippen LogP contribution in [-0.4, -0.2) is 82.0 Å². The van der Waals surface area contributed by atoms with Crippen LogP contribution in [0.4, 0.5) is 22.4 Å². The van der Waals surface area contributed by atoms with Crippen LogP contribution >= 0.6 is 0 Å². The van der Waals surface area contributed by atoms with Crippen molar-refractivity contribution in [3.05, 3.63) is 53.5 Å². The molecule has 0 spiro atoms. The number of carboxylic acid groups (broad SMARTS) is 1. The van der Waals surface area contributed by atoms with E-state index in [0.717, 1.165) is 12.8 Å². The van der Waals surface area contributed by atoms with Crippen molar-refractivity contribution >= 4 is 44.9 Å². The highest BCUT2D eigenvalue weighted by molar-refractivity contribution is 7.91. The third-order valence-corrected chi connectivity index (χ3v) is 13.9. The van der Waals surface area contributed by atoms with E-state index in [2.05, 4.69) is 41.3 Å². The lowest BCUT2D eigenvalue weighted by atomic mass is 9.85. The molecule has 1 unspecified atom stereocenters. The van der Waals surface area contributed by atoms with Gasteiger partial charge < -0.3 is 26.0 Å². The number of hydrogen-bond acceptors (Lipinski definition) is 8. The minimum absolute atomic E-state index is 0.0121. The zero-order chi connectivity index (χ0) is 48.1. The third-order valence-electron chi connectivity index (χ3n) is 11.8. The molecular weight excluding hydrogens is 849 g/mol. The third kappa shape index (κ3) is 15.1. The van der Waals surface area contributed by atoms with Crippen LogP contribution in [0.15, 0.2) is 42.2 Å². The van der Waals surface area contributed by atoms with E-state index in [1.165, 1.54) is 30.6 Å². The number of para-hydroxylation sites is 2. The summed E-state index contributed by atoms with van der Waals surface area (Å²) in [6.07, 6.45) is 12.9. The van der Waals surface area contributed by atoms with Crippen molar-refractivity contribution in [1.29, 1.82) is 0 Å². The molecule has 4 amide bonds. The second-order valence-corrected chi connectivity index (χ2v) is 19.9. The Balaban J connectivity index is 0.000000317. The van der Waals surface area contributed by atoms with E-state index < -0.39 is 91.5 Å². The molecule has 14 nitrogen and oxygen atoms in total. The number of nitrogens with zero attached hydrogens (tertiary/aromatic N) is 2. The average molecular weight is 913 g/mol. The summed E-state index contributed by atoms with van der Waals surface area (Å²) in [4.78, 5) is 66.1. The smallest absolute Gasteiger partial charge is 0.405 e. The molecule has 2 heterocycles.